The number of benzene rings is 2. The van der Waals surface area contributed by atoms with E-state index in [2.05, 4.69) is 64.2 Å². The van der Waals surface area contributed by atoms with Crippen LogP contribution in [0, 0.1) is 20.8 Å². The summed E-state index contributed by atoms with van der Waals surface area (Å²) in [6.07, 6.45) is 6.38. The molecule has 0 radical (unpaired) electrons. The molecule has 3 rings (SSSR count). The van der Waals surface area contributed by atoms with Crippen molar-refractivity contribution in [3.8, 4) is 5.75 Å². The van der Waals surface area contributed by atoms with Crippen molar-refractivity contribution in [2.75, 3.05) is 5.32 Å². The first-order valence-electron chi connectivity index (χ1n) is 11.0. The van der Waals surface area contributed by atoms with Crippen molar-refractivity contribution in [1.29, 1.82) is 0 Å². The third kappa shape index (κ3) is 4.66. The van der Waals surface area contributed by atoms with E-state index in [1.54, 1.807) is 0 Å². The summed E-state index contributed by atoms with van der Waals surface area (Å²) in [5.41, 5.74) is 4.91. The van der Waals surface area contributed by atoms with Crippen LogP contribution >= 0.6 is 0 Å². The Balaban J connectivity index is 1.89. The third-order valence-electron chi connectivity index (χ3n) is 6.32. The van der Waals surface area contributed by atoms with Gasteiger partial charge in [-0.2, -0.15) is 0 Å². The molecule has 1 aliphatic carbocycles. The Morgan fingerprint density at radius 1 is 1.07 bits per heavy atom. The van der Waals surface area contributed by atoms with Gasteiger partial charge in [0.05, 0.1) is 11.5 Å². The number of anilines is 1. The van der Waals surface area contributed by atoms with Crippen molar-refractivity contribution in [2.45, 2.75) is 84.7 Å². The molecule has 0 spiro atoms. The fraction of sp³-hybridized carbons (Fsp3) is 0.500. The van der Waals surface area contributed by atoms with Crippen molar-refractivity contribution in [3.05, 3.63) is 58.7 Å². The van der Waals surface area contributed by atoms with E-state index in [0.717, 1.165) is 60.2 Å². The Kier molecular flexibility index (Phi) is 6.66. The molecular weight excluding hydrogens is 358 g/mol. The van der Waals surface area contributed by atoms with Gasteiger partial charge in [0, 0.05) is 5.69 Å². The van der Waals surface area contributed by atoms with Crippen molar-refractivity contribution < 1.29 is 9.53 Å². The van der Waals surface area contributed by atoms with Crippen LogP contribution in [0.15, 0.2) is 36.4 Å². The van der Waals surface area contributed by atoms with Gasteiger partial charge in [0.15, 0.2) is 0 Å². The van der Waals surface area contributed by atoms with Crippen LogP contribution in [0.5, 0.6) is 5.75 Å². The van der Waals surface area contributed by atoms with E-state index in [0.29, 0.717) is 0 Å². The monoisotopic (exact) mass is 393 g/mol. The SMILES string of the molecule is CC[C@H](C)Oc1c(C)cc(NC(=O)C2(c3cccc(C)c3)CCCCC2)cc1C. The summed E-state index contributed by atoms with van der Waals surface area (Å²) in [5.74, 6) is 1.06. The summed E-state index contributed by atoms with van der Waals surface area (Å²) in [5, 5.41) is 3.25. The van der Waals surface area contributed by atoms with Crippen LogP contribution < -0.4 is 10.1 Å². The molecule has 2 aromatic rings. The number of aryl methyl sites for hydroxylation is 3. The molecule has 0 unspecified atom stereocenters. The molecule has 1 atom stereocenters. The van der Waals surface area contributed by atoms with Gasteiger partial charge in [0.25, 0.3) is 0 Å². The average molecular weight is 394 g/mol. The lowest BCUT2D eigenvalue weighted by atomic mass is 9.68. The first-order chi connectivity index (χ1) is 13.9. The Morgan fingerprint density at radius 3 is 2.31 bits per heavy atom. The van der Waals surface area contributed by atoms with E-state index in [1.807, 2.05) is 12.1 Å². The molecule has 0 bridgehead atoms. The van der Waals surface area contributed by atoms with Gasteiger partial charge in [0.1, 0.15) is 5.75 Å². The lowest BCUT2D eigenvalue weighted by Crippen LogP contribution is -2.42. The second-order valence-corrected chi connectivity index (χ2v) is 8.74. The molecule has 3 nitrogen and oxygen atoms in total. The maximum Gasteiger partial charge on any atom is 0.235 e. The molecule has 1 fully saturated rings. The Morgan fingerprint density at radius 2 is 1.72 bits per heavy atom. The Labute approximate surface area is 175 Å². The summed E-state index contributed by atoms with van der Waals surface area (Å²) in [4.78, 5) is 13.6. The van der Waals surface area contributed by atoms with Crippen LogP contribution in [0.1, 0.15) is 74.6 Å². The highest BCUT2D eigenvalue weighted by molar-refractivity contribution is 5.99. The second kappa shape index (κ2) is 9.02. The lowest BCUT2D eigenvalue weighted by Gasteiger charge is -2.36. The van der Waals surface area contributed by atoms with Crippen molar-refractivity contribution in [3.63, 3.8) is 0 Å². The normalized spacial score (nSPS) is 16.9. The zero-order valence-electron chi connectivity index (χ0n) is 18.6. The molecule has 1 saturated carbocycles. The number of ether oxygens (including phenoxy) is 1. The molecule has 156 valence electrons. The van der Waals surface area contributed by atoms with Gasteiger partial charge in [-0.3, -0.25) is 4.79 Å². The fourth-order valence-corrected chi connectivity index (χ4v) is 4.49. The van der Waals surface area contributed by atoms with Crippen molar-refractivity contribution >= 4 is 11.6 Å². The van der Waals surface area contributed by atoms with Gasteiger partial charge in [-0.1, -0.05) is 56.0 Å². The highest BCUT2D eigenvalue weighted by Crippen LogP contribution is 2.41. The zero-order valence-corrected chi connectivity index (χ0v) is 18.6. The zero-order chi connectivity index (χ0) is 21.0. The third-order valence-corrected chi connectivity index (χ3v) is 6.32. The summed E-state index contributed by atoms with van der Waals surface area (Å²) in [6.45, 7) is 10.4. The molecular formula is C26H35NO2. The summed E-state index contributed by atoms with van der Waals surface area (Å²) in [6, 6.07) is 12.6. The lowest BCUT2D eigenvalue weighted by molar-refractivity contribution is -0.122. The predicted molar refractivity (Wildman–Crippen MR) is 121 cm³/mol. The molecule has 29 heavy (non-hydrogen) atoms. The molecule has 0 aromatic heterocycles. The van der Waals surface area contributed by atoms with Crippen LogP contribution in [0.25, 0.3) is 0 Å². The number of amides is 1. The predicted octanol–water partition coefficient (Wildman–Crippen LogP) is 6.63. The van der Waals surface area contributed by atoms with Crippen LogP contribution in [0.2, 0.25) is 0 Å². The standard InChI is InChI=1S/C26H35NO2/c1-6-21(5)29-24-19(3)16-23(17-20(24)4)27-25(28)26(13-8-7-9-14-26)22-12-10-11-18(2)15-22/h10-12,15-17,21H,6-9,13-14H2,1-5H3,(H,27,28)/t21-/m0/s1. The molecule has 1 N–H and O–H groups in total. The van der Waals surface area contributed by atoms with Gasteiger partial charge in [-0.15, -0.1) is 0 Å². The maximum absolute atomic E-state index is 13.6. The highest BCUT2D eigenvalue weighted by Gasteiger charge is 2.41. The number of nitrogens with one attached hydrogen (secondary N) is 1. The highest BCUT2D eigenvalue weighted by atomic mass is 16.5. The van der Waals surface area contributed by atoms with Gasteiger partial charge >= 0.3 is 0 Å². The molecule has 1 amide bonds. The minimum Gasteiger partial charge on any atom is -0.490 e. The molecule has 0 aliphatic heterocycles. The maximum atomic E-state index is 13.6. The van der Waals surface area contributed by atoms with E-state index in [1.165, 1.54) is 12.0 Å². The number of carbonyl (C=O) groups is 1. The van der Waals surface area contributed by atoms with E-state index < -0.39 is 5.41 Å². The van der Waals surface area contributed by atoms with Crippen LogP contribution in [-0.4, -0.2) is 12.0 Å². The number of hydrogen-bond acceptors (Lipinski definition) is 2. The Bertz CT molecular complexity index is 842. The molecule has 0 heterocycles. The topological polar surface area (TPSA) is 38.3 Å². The summed E-state index contributed by atoms with van der Waals surface area (Å²) < 4.78 is 6.09. The number of hydrogen-bond donors (Lipinski definition) is 1. The molecule has 2 aromatic carbocycles. The van der Waals surface area contributed by atoms with E-state index >= 15 is 0 Å². The second-order valence-electron chi connectivity index (χ2n) is 8.74. The van der Waals surface area contributed by atoms with E-state index in [4.69, 9.17) is 4.74 Å². The Hall–Kier alpha value is -2.29. The van der Waals surface area contributed by atoms with Gasteiger partial charge in [0.2, 0.25) is 5.91 Å². The smallest absolute Gasteiger partial charge is 0.235 e. The van der Waals surface area contributed by atoms with Crippen LogP contribution in [0.4, 0.5) is 5.69 Å². The van der Waals surface area contributed by atoms with Gasteiger partial charge in [-0.25, -0.2) is 0 Å². The molecule has 3 heteroatoms. The molecule has 0 saturated heterocycles. The largest absolute Gasteiger partial charge is 0.490 e. The quantitative estimate of drug-likeness (QED) is 0.598. The van der Waals surface area contributed by atoms with Crippen molar-refractivity contribution in [2.24, 2.45) is 0 Å². The van der Waals surface area contributed by atoms with Gasteiger partial charge < -0.3 is 10.1 Å². The first-order valence-corrected chi connectivity index (χ1v) is 11.0. The van der Waals surface area contributed by atoms with Crippen LogP contribution in [-0.2, 0) is 10.2 Å². The van der Waals surface area contributed by atoms with Crippen molar-refractivity contribution in [1.82, 2.24) is 0 Å². The van der Waals surface area contributed by atoms with Crippen LogP contribution in [0.3, 0.4) is 0 Å². The average Bonchev–Trinajstić information content (AvgIpc) is 2.71. The van der Waals surface area contributed by atoms with Gasteiger partial charge in [-0.05, 0) is 75.8 Å². The fourth-order valence-electron chi connectivity index (χ4n) is 4.49. The summed E-state index contributed by atoms with van der Waals surface area (Å²) in [7, 11) is 0. The number of rotatable bonds is 6. The van der Waals surface area contributed by atoms with E-state index in [-0.39, 0.29) is 12.0 Å². The minimum absolute atomic E-state index is 0.122. The summed E-state index contributed by atoms with van der Waals surface area (Å²) >= 11 is 0. The minimum atomic E-state index is -0.433. The van der Waals surface area contributed by atoms with E-state index in [9.17, 15) is 4.79 Å². The molecule has 1 aliphatic rings. The first kappa shape index (κ1) is 21.4. The number of carbonyl (C=O) groups excluding carboxylic acids is 1.